The average Bonchev–Trinajstić information content (AvgIpc) is 2.51. The molecule has 1 aliphatic rings. The largest absolute Gasteiger partial charge is 0.347 e. The van der Waals surface area contributed by atoms with Crippen molar-refractivity contribution >= 4 is 17.7 Å². The van der Waals surface area contributed by atoms with E-state index in [1.54, 1.807) is 14.1 Å². The number of likely N-dealkylation sites (N-methyl/N-ethyl adjacent to an activating group) is 1. The Kier molecular flexibility index (Phi) is 4.64. The molecule has 1 fully saturated rings. The van der Waals surface area contributed by atoms with Crippen LogP contribution < -0.4 is 0 Å². The number of likely N-dealkylation sites (tertiary alicyclic amines) is 1. The van der Waals surface area contributed by atoms with Gasteiger partial charge in [-0.3, -0.25) is 19.3 Å². The summed E-state index contributed by atoms with van der Waals surface area (Å²) in [5, 5.41) is 0. The van der Waals surface area contributed by atoms with Gasteiger partial charge in [-0.1, -0.05) is 37.3 Å². The molecule has 0 spiro atoms. The van der Waals surface area contributed by atoms with Crippen LogP contribution in [0.2, 0.25) is 0 Å². The summed E-state index contributed by atoms with van der Waals surface area (Å²) in [6.45, 7) is 1.83. The van der Waals surface area contributed by atoms with E-state index in [9.17, 15) is 14.4 Å². The van der Waals surface area contributed by atoms with Crippen LogP contribution in [-0.4, -0.2) is 48.2 Å². The molecule has 0 radical (unpaired) electrons. The maximum atomic E-state index is 12.4. The van der Waals surface area contributed by atoms with Gasteiger partial charge in [0.2, 0.25) is 17.7 Å². The molecular formula is C17H22N2O3. The van der Waals surface area contributed by atoms with Gasteiger partial charge in [-0.05, 0) is 12.0 Å². The highest BCUT2D eigenvalue weighted by atomic mass is 16.2. The number of rotatable bonds is 4. The number of imide groups is 1. The lowest BCUT2D eigenvalue weighted by Crippen LogP contribution is -2.52. The van der Waals surface area contributed by atoms with Gasteiger partial charge in [0.25, 0.3) is 0 Å². The number of carbonyl (C=O) groups is 3. The van der Waals surface area contributed by atoms with E-state index >= 15 is 0 Å². The van der Waals surface area contributed by atoms with Crippen molar-refractivity contribution in [2.75, 3.05) is 20.6 Å². The van der Waals surface area contributed by atoms with Crippen molar-refractivity contribution in [3.63, 3.8) is 0 Å². The second-order valence-corrected chi connectivity index (χ2v) is 6.02. The predicted molar refractivity (Wildman–Crippen MR) is 83.1 cm³/mol. The standard InChI is InChI=1S/C17H22N2O3/c1-4-17(13-8-6-5-7-9-13)10-14(20)19(15(21)11-17)12-16(22)18(2)3/h5-9H,4,10-12H2,1-3H3. The molecule has 118 valence electrons. The van der Waals surface area contributed by atoms with Crippen LogP contribution in [0.1, 0.15) is 31.7 Å². The quantitative estimate of drug-likeness (QED) is 0.793. The summed E-state index contributed by atoms with van der Waals surface area (Å²) in [4.78, 5) is 39.2. The van der Waals surface area contributed by atoms with Crippen LogP contribution in [0, 0.1) is 0 Å². The summed E-state index contributed by atoms with van der Waals surface area (Å²) in [5.74, 6) is -0.778. The van der Waals surface area contributed by atoms with Crippen LogP contribution >= 0.6 is 0 Å². The van der Waals surface area contributed by atoms with Gasteiger partial charge in [-0.15, -0.1) is 0 Å². The number of carbonyl (C=O) groups excluding carboxylic acids is 3. The van der Waals surface area contributed by atoms with Gasteiger partial charge in [-0.25, -0.2) is 0 Å². The van der Waals surface area contributed by atoms with Crippen molar-refractivity contribution < 1.29 is 14.4 Å². The summed E-state index contributed by atoms with van der Waals surface area (Å²) in [5.41, 5.74) is 0.561. The molecule has 5 heteroatoms. The molecule has 1 aromatic rings. The van der Waals surface area contributed by atoms with Crippen molar-refractivity contribution in [3.8, 4) is 0 Å². The summed E-state index contributed by atoms with van der Waals surface area (Å²) in [6.07, 6.45) is 1.24. The Bertz CT molecular complexity index is 563. The van der Waals surface area contributed by atoms with Crippen molar-refractivity contribution in [3.05, 3.63) is 35.9 Å². The second kappa shape index (κ2) is 6.30. The zero-order chi connectivity index (χ0) is 16.3. The van der Waals surface area contributed by atoms with Crippen LogP contribution in [0.5, 0.6) is 0 Å². The lowest BCUT2D eigenvalue weighted by Gasteiger charge is -2.39. The highest BCUT2D eigenvalue weighted by Gasteiger charge is 2.44. The highest BCUT2D eigenvalue weighted by molar-refractivity contribution is 6.02. The number of amides is 3. The number of piperidine rings is 1. The van der Waals surface area contributed by atoms with E-state index in [4.69, 9.17) is 0 Å². The molecule has 0 unspecified atom stereocenters. The fourth-order valence-electron chi connectivity index (χ4n) is 2.87. The SMILES string of the molecule is CCC1(c2ccccc2)CC(=O)N(CC(=O)N(C)C)C(=O)C1. The van der Waals surface area contributed by atoms with E-state index in [1.165, 1.54) is 4.90 Å². The second-order valence-electron chi connectivity index (χ2n) is 6.02. The molecule has 0 bridgehead atoms. The van der Waals surface area contributed by atoms with E-state index in [0.29, 0.717) is 6.42 Å². The first-order valence-corrected chi connectivity index (χ1v) is 7.48. The fraction of sp³-hybridized carbons (Fsp3) is 0.471. The number of nitrogens with zero attached hydrogens (tertiary/aromatic N) is 2. The van der Waals surface area contributed by atoms with E-state index < -0.39 is 5.41 Å². The van der Waals surface area contributed by atoms with Crippen molar-refractivity contribution in [2.45, 2.75) is 31.6 Å². The Morgan fingerprint density at radius 2 is 1.68 bits per heavy atom. The first-order valence-electron chi connectivity index (χ1n) is 7.48. The number of hydrogen-bond acceptors (Lipinski definition) is 3. The molecule has 1 saturated heterocycles. The molecule has 0 N–H and O–H groups in total. The summed E-state index contributed by atoms with van der Waals surface area (Å²) >= 11 is 0. The maximum Gasteiger partial charge on any atom is 0.242 e. The van der Waals surface area contributed by atoms with Gasteiger partial charge in [0, 0.05) is 32.4 Å². The maximum absolute atomic E-state index is 12.4. The van der Waals surface area contributed by atoms with Crippen molar-refractivity contribution in [2.24, 2.45) is 0 Å². The van der Waals surface area contributed by atoms with E-state index in [2.05, 4.69) is 0 Å². The zero-order valence-corrected chi connectivity index (χ0v) is 13.3. The third kappa shape index (κ3) is 3.03. The van der Waals surface area contributed by atoms with Crippen molar-refractivity contribution in [1.29, 1.82) is 0 Å². The molecule has 1 aromatic carbocycles. The molecule has 0 aromatic heterocycles. The lowest BCUT2D eigenvalue weighted by molar-refractivity contribution is -0.154. The smallest absolute Gasteiger partial charge is 0.242 e. The normalized spacial score (nSPS) is 17.5. The molecular weight excluding hydrogens is 280 g/mol. The van der Waals surface area contributed by atoms with Gasteiger partial charge in [0.15, 0.2) is 0 Å². The van der Waals surface area contributed by atoms with Gasteiger partial charge in [-0.2, -0.15) is 0 Å². The molecule has 1 heterocycles. The minimum absolute atomic E-state index is 0.167. The van der Waals surface area contributed by atoms with E-state index in [0.717, 1.165) is 10.5 Å². The van der Waals surface area contributed by atoms with Crippen LogP contribution in [-0.2, 0) is 19.8 Å². The monoisotopic (exact) mass is 302 g/mol. The summed E-state index contributed by atoms with van der Waals surface area (Å²) < 4.78 is 0. The predicted octanol–water partition coefficient (Wildman–Crippen LogP) is 1.57. The summed E-state index contributed by atoms with van der Waals surface area (Å²) in [7, 11) is 3.23. The molecule has 0 aliphatic carbocycles. The Labute approximate surface area is 130 Å². The van der Waals surface area contributed by atoms with Gasteiger partial charge >= 0.3 is 0 Å². The van der Waals surface area contributed by atoms with Crippen LogP contribution in [0.3, 0.4) is 0 Å². The first kappa shape index (κ1) is 16.2. The summed E-state index contributed by atoms with van der Waals surface area (Å²) in [6, 6.07) is 9.68. The Morgan fingerprint density at radius 3 is 2.14 bits per heavy atom. The zero-order valence-electron chi connectivity index (χ0n) is 13.3. The number of hydrogen-bond donors (Lipinski definition) is 0. The topological polar surface area (TPSA) is 57.7 Å². The molecule has 2 rings (SSSR count). The molecule has 1 aliphatic heterocycles. The van der Waals surface area contributed by atoms with Crippen LogP contribution in [0.4, 0.5) is 0 Å². The van der Waals surface area contributed by atoms with Gasteiger partial charge in [0.1, 0.15) is 6.54 Å². The molecule has 0 atom stereocenters. The minimum Gasteiger partial charge on any atom is -0.347 e. The Hall–Kier alpha value is -2.17. The van der Waals surface area contributed by atoms with Gasteiger partial charge < -0.3 is 4.90 Å². The Balaban J connectivity index is 2.23. The fourth-order valence-corrected chi connectivity index (χ4v) is 2.87. The number of benzene rings is 1. The van der Waals surface area contributed by atoms with E-state index in [-0.39, 0.29) is 37.1 Å². The molecule has 5 nitrogen and oxygen atoms in total. The third-order valence-corrected chi connectivity index (χ3v) is 4.44. The van der Waals surface area contributed by atoms with Crippen LogP contribution in [0.25, 0.3) is 0 Å². The molecule has 0 saturated carbocycles. The van der Waals surface area contributed by atoms with Crippen molar-refractivity contribution in [1.82, 2.24) is 9.80 Å². The van der Waals surface area contributed by atoms with Crippen LogP contribution in [0.15, 0.2) is 30.3 Å². The van der Waals surface area contributed by atoms with E-state index in [1.807, 2.05) is 37.3 Å². The molecule has 22 heavy (non-hydrogen) atoms. The third-order valence-electron chi connectivity index (χ3n) is 4.44. The first-order chi connectivity index (χ1) is 10.4. The highest BCUT2D eigenvalue weighted by Crippen LogP contribution is 2.39. The van der Waals surface area contributed by atoms with Gasteiger partial charge in [0.05, 0.1) is 0 Å². The molecule has 3 amide bonds. The Morgan fingerprint density at radius 1 is 1.14 bits per heavy atom. The lowest BCUT2D eigenvalue weighted by atomic mass is 9.70. The minimum atomic E-state index is -0.451. The average molecular weight is 302 g/mol.